The molecule has 2 aliphatic heterocycles. The van der Waals surface area contributed by atoms with Crippen molar-refractivity contribution in [2.24, 2.45) is 0 Å². The summed E-state index contributed by atoms with van der Waals surface area (Å²) >= 11 is 0. The molecule has 3 aromatic carbocycles. The third-order valence-electron chi connectivity index (χ3n) is 11.1. The number of anilines is 1. The minimum atomic E-state index is -4.37. The number of hydrogen-bond acceptors (Lipinski definition) is 1. The third kappa shape index (κ3) is 6.25. The summed E-state index contributed by atoms with van der Waals surface area (Å²) in [6, 6.07) is 16.0. The first-order chi connectivity index (χ1) is 24.9. The molecule has 0 fully saturated rings. The topological polar surface area (TPSA) is 6.25 Å². The summed E-state index contributed by atoms with van der Waals surface area (Å²) < 4.78 is 117. The number of hydrogen-bond donors (Lipinski definition) is 0. The normalized spacial score (nSPS) is 19.7. The van der Waals surface area contributed by atoms with E-state index < -0.39 is 48.6 Å². The summed E-state index contributed by atoms with van der Waals surface area (Å²) in [5.41, 5.74) is 5.69. The lowest BCUT2D eigenvalue weighted by molar-refractivity contribution is -0.473. The predicted octanol–water partition coefficient (Wildman–Crippen LogP) is 11.5. The zero-order valence-electron chi connectivity index (χ0n) is 30.0. The summed E-state index contributed by atoms with van der Waals surface area (Å²) in [4.78, 5) is 1.25. The Bertz CT molecular complexity index is 2100. The first kappa shape index (κ1) is 36.9. The van der Waals surface area contributed by atoms with E-state index in [1.165, 1.54) is 9.48 Å². The van der Waals surface area contributed by atoms with Gasteiger partial charge in [-0.25, -0.2) is 17.6 Å². The molecular weight excluding hydrogens is 696 g/mol. The predicted molar refractivity (Wildman–Crippen MR) is 195 cm³/mol. The quantitative estimate of drug-likeness (QED) is 0.157. The molecule has 0 aromatic heterocycles. The Morgan fingerprint density at radius 2 is 1.34 bits per heavy atom. The fourth-order valence-electron chi connectivity index (χ4n) is 8.50. The molecule has 2 aliphatic carbocycles. The van der Waals surface area contributed by atoms with Gasteiger partial charge in [-0.15, -0.1) is 0 Å². The van der Waals surface area contributed by atoms with Gasteiger partial charge in [0.15, 0.2) is 5.71 Å². The molecule has 0 saturated carbocycles. The summed E-state index contributed by atoms with van der Waals surface area (Å²) in [5.74, 6) is -8.74. The number of rotatable bonds is 9. The molecular formula is C43H41F8N2+. The minimum absolute atomic E-state index is 0.314. The second-order valence-corrected chi connectivity index (χ2v) is 15.4. The van der Waals surface area contributed by atoms with Crippen LogP contribution in [0.25, 0.3) is 17.7 Å². The monoisotopic (exact) mass is 737 g/mol. The van der Waals surface area contributed by atoms with Gasteiger partial charge in [-0.05, 0) is 90.6 Å². The van der Waals surface area contributed by atoms with Crippen LogP contribution in [-0.2, 0) is 23.7 Å². The zero-order chi connectivity index (χ0) is 38.1. The van der Waals surface area contributed by atoms with E-state index in [1.54, 1.807) is 54.6 Å². The van der Waals surface area contributed by atoms with E-state index in [0.717, 1.165) is 59.1 Å². The van der Waals surface area contributed by atoms with Crippen LogP contribution in [-0.4, -0.2) is 48.1 Å². The minimum Gasteiger partial charge on any atom is -0.338 e. The van der Waals surface area contributed by atoms with Crippen LogP contribution in [0.2, 0.25) is 0 Å². The van der Waals surface area contributed by atoms with Crippen molar-refractivity contribution in [3.8, 4) is 0 Å². The van der Waals surface area contributed by atoms with Crippen LogP contribution >= 0.6 is 0 Å². The van der Waals surface area contributed by atoms with Gasteiger partial charge < -0.3 is 4.90 Å². The van der Waals surface area contributed by atoms with Gasteiger partial charge >= 0.3 is 24.7 Å². The van der Waals surface area contributed by atoms with Crippen LogP contribution in [0.5, 0.6) is 0 Å². The largest absolute Gasteiger partial charge is 0.364 e. The Hall–Kier alpha value is -4.47. The smallest absolute Gasteiger partial charge is 0.338 e. The van der Waals surface area contributed by atoms with Gasteiger partial charge in [0.1, 0.15) is 0 Å². The average Bonchev–Trinajstić information content (AvgIpc) is 3.45. The van der Waals surface area contributed by atoms with Crippen LogP contribution in [0.15, 0.2) is 84.6 Å². The third-order valence-corrected chi connectivity index (χ3v) is 11.1. The highest BCUT2D eigenvalue weighted by Crippen LogP contribution is 2.53. The second kappa shape index (κ2) is 13.1. The summed E-state index contributed by atoms with van der Waals surface area (Å²) in [6.45, 7) is 4.85. The van der Waals surface area contributed by atoms with Crippen molar-refractivity contribution in [3.63, 3.8) is 0 Å². The van der Waals surface area contributed by atoms with Gasteiger partial charge in [0.25, 0.3) is 0 Å². The van der Waals surface area contributed by atoms with Gasteiger partial charge in [0.05, 0.1) is 12.0 Å². The van der Waals surface area contributed by atoms with Gasteiger partial charge in [-0.3, -0.25) is 0 Å². The van der Waals surface area contributed by atoms with E-state index in [4.69, 9.17) is 0 Å². The molecule has 0 bridgehead atoms. The SMILES string of the molecule is CC1(C)C(=CC(=CC2=[N+](CC(F)(F)C(F)F)c3ccc4c(c3C2(C)C)C=CCC4)c2ccccc2)N(CC(F)(F)C(F)F)c2ccc3c(c21)C=CCC3. The van der Waals surface area contributed by atoms with Crippen LogP contribution in [0, 0.1) is 0 Å². The molecule has 278 valence electrons. The number of aryl methyl sites for hydroxylation is 2. The summed E-state index contributed by atoms with van der Waals surface area (Å²) in [6.07, 6.45) is 6.48. The number of fused-ring (bicyclic) bond motifs is 6. The average molecular weight is 738 g/mol. The van der Waals surface area contributed by atoms with Crippen LogP contribution in [0.1, 0.15) is 79.5 Å². The highest BCUT2D eigenvalue weighted by atomic mass is 19.3. The molecule has 0 unspecified atom stereocenters. The Morgan fingerprint density at radius 1 is 0.755 bits per heavy atom. The summed E-state index contributed by atoms with van der Waals surface area (Å²) in [5, 5.41) is 0. The lowest BCUT2D eigenvalue weighted by Crippen LogP contribution is -2.41. The van der Waals surface area contributed by atoms with Crippen molar-refractivity contribution in [1.82, 2.24) is 0 Å². The molecule has 10 heteroatoms. The first-order valence-corrected chi connectivity index (χ1v) is 17.8. The van der Waals surface area contributed by atoms with E-state index in [1.807, 2.05) is 64.1 Å². The van der Waals surface area contributed by atoms with E-state index in [2.05, 4.69) is 0 Å². The Balaban J connectivity index is 1.50. The number of nitrogens with zero attached hydrogens (tertiary/aromatic N) is 2. The van der Waals surface area contributed by atoms with Crippen molar-refractivity contribution in [3.05, 3.63) is 124 Å². The number of halogens is 8. The fourth-order valence-corrected chi connectivity index (χ4v) is 8.50. The first-order valence-electron chi connectivity index (χ1n) is 17.8. The van der Waals surface area contributed by atoms with Crippen LogP contribution < -0.4 is 4.90 Å². The van der Waals surface area contributed by atoms with Crippen LogP contribution in [0.3, 0.4) is 0 Å². The van der Waals surface area contributed by atoms with Gasteiger partial charge in [-0.2, -0.15) is 22.1 Å². The maximum atomic E-state index is 15.1. The standard InChI is InChI=1S/C43H41F8N2/c1-40(2)34(52(24-42(48,49)38(44)45)32-20-18-27-14-8-10-16-30(27)36(32)40)22-29(26-12-6-5-7-13-26)23-35-41(3,4)37-31-17-11-9-15-28(31)19-21-33(37)53(35)25-43(50,51)39(46)47/h5-7,10-13,16-23,38-39H,8-9,14-15,24-25H2,1-4H3/q+1. The molecule has 0 radical (unpaired) electrons. The second-order valence-electron chi connectivity index (χ2n) is 15.4. The van der Waals surface area contributed by atoms with Gasteiger partial charge in [-0.1, -0.05) is 80.6 Å². The molecule has 0 N–H and O–H groups in total. The molecule has 0 saturated heterocycles. The number of benzene rings is 3. The molecule has 4 aliphatic rings. The zero-order valence-corrected chi connectivity index (χ0v) is 30.0. The molecule has 2 nitrogen and oxygen atoms in total. The summed E-state index contributed by atoms with van der Waals surface area (Å²) in [7, 11) is 0. The molecule has 0 amide bonds. The van der Waals surface area contributed by atoms with Crippen molar-refractivity contribution < 1.29 is 39.7 Å². The van der Waals surface area contributed by atoms with E-state index in [0.29, 0.717) is 33.9 Å². The molecule has 7 rings (SSSR count). The van der Waals surface area contributed by atoms with Crippen molar-refractivity contribution in [2.45, 2.75) is 88.9 Å². The molecule has 0 atom stereocenters. The molecule has 2 heterocycles. The van der Waals surface area contributed by atoms with Crippen molar-refractivity contribution in [1.29, 1.82) is 0 Å². The van der Waals surface area contributed by atoms with E-state index in [-0.39, 0.29) is 0 Å². The highest BCUT2D eigenvalue weighted by molar-refractivity contribution is 6.09. The maximum absolute atomic E-state index is 15.1. The Morgan fingerprint density at radius 3 is 1.94 bits per heavy atom. The Labute approximate surface area is 304 Å². The molecule has 3 aromatic rings. The number of alkyl halides is 8. The van der Waals surface area contributed by atoms with E-state index >= 15 is 17.6 Å². The lowest BCUT2D eigenvalue weighted by atomic mass is 9.75. The van der Waals surface area contributed by atoms with E-state index in [9.17, 15) is 17.6 Å². The van der Waals surface area contributed by atoms with Gasteiger partial charge in [0.2, 0.25) is 12.2 Å². The van der Waals surface area contributed by atoms with Crippen molar-refractivity contribution >= 4 is 34.8 Å². The van der Waals surface area contributed by atoms with Crippen LogP contribution in [0.4, 0.5) is 46.5 Å². The number of allylic oxidation sites excluding steroid dienone is 6. The highest BCUT2D eigenvalue weighted by Gasteiger charge is 2.54. The molecule has 0 spiro atoms. The van der Waals surface area contributed by atoms with Crippen molar-refractivity contribution in [2.75, 3.05) is 18.0 Å². The van der Waals surface area contributed by atoms with Gasteiger partial charge in [0, 0.05) is 34.5 Å². The molecule has 53 heavy (non-hydrogen) atoms. The maximum Gasteiger partial charge on any atom is 0.364 e. The lowest BCUT2D eigenvalue weighted by Gasteiger charge is -2.30. The Kier molecular flexibility index (Phi) is 9.13. The fraction of sp³-hybridized carbons (Fsp3) is 0.372.